The fourth-order valence-corrected chi connectivity index (χ4v) is 2.33. The molecule has 2 rings (SSSR count). The average molecular weight is 193 g/mol. The summed E-state index contributed by atoms with van der Waals surface area (Å²) in [6.45, 7) is 1.69. The summed E-state index contributed by atoms with van der Waals surface area (Å²) in [6, 6.07) is 6.46. The van der Waals surface area contributed by atoms with Gasteiger partial charge in [0.2, 0.25) is 0 Å². The molecule has 0 amide bonds. The summed E-state index contributed by atoms with van der Waals surface area (Å²) in [4.78, 5) is 3.23. The minimum Gasteiger partial charge on any atom is -0.325 e. The summed E-state index contributed by atoms with van der Waals surface area (Å²) < 4.78 is 0. The zero-order valence-corrected chi connectivity index (χ0v) is 8.00. The van der Waals surface area contributed by atoms with Crippen LogP contribution in [0.25, 0.3) is 0 Å². The molecule has 0 aromatic carbocycles. The van der Waals surface area contributed by atoms with Crippen molar-refractivity contribution in [3.8, 4) is 6.07 Å². The summed E-state index contributed by atoms with van der Waals surface area (Å²) >= 11 is 1.63. The van der Waals surface area contributed by atoms with Gasteiger partial charge in [-0.3, -0.25) is 4.90 Å². The van der Waals surface area contributed by atoms with Gasteiger partial charge in [0.05, 0.1) is 6.07 Å². The number of nitriles is 1. The summed E-state index contributed by atoms with van der Waals surface area (Å²) in [7, 11) is 0. The van der Waals surface area contributed by atoms with Crippen LogP contribution in [0.2, 0.25) is 0 Å². The Balaban J connectivity index is 2.08. The second-order valence-electron chi connectivity index (χ2n) is 3.26. The molecule has 2 heterocycles. The van der Waals surface area contributed by atoms with Crippen molar-refractivity contribution in [2.24, 2.45) is 5.73 Å². The molecule has 1 aliphatic rings. The highest BCUT2D eigenvalue weighted by Crippen LogP contribution is 2.27. The molecule has 1 saturated heterocycles. The van der Waals surface area contributed by atoms with Gasteiger partial charge in [-0.25, -0.2) is 0 Å². The first-order valence-corrected chi connectivity index (χ1v) is 5.12. The zero-order chi connectivity index (χ0) is 9.26. The van der Waals surface area contributed by atoms with Crippen molar-refractivity contribution in [2.75, 3.05) is 13.1 Å². The van der Waals surface area contributed by atoms with Gasteiger partial charge in [0.25, 0.3) is 0 Å². The van der Waals surface area contributed by atoms with Crippen LogP contribution in [0.3, 0.4) is 0 Å². The molecule has 13 heavy (non-hydrogen) atoms. The Kier molecular flexibility index (Phi) is 2.32. The largest absolute Gasteiger partial charge is 0.325 e. The summed E-state index contributed by atoms with van der Waals surface area (Å²) in [5.41, 5.74) is 5.67. The number of hydrogen-bond acceptors (Lipinski definition) is 4. The maximum atomic E-state index is 8.99. The van der Waals surface area contributed by atoms with E-state index in [2.05, 4.69) is 11.0 Å². The SMILES string of the molecule is N#CC(c1cccs1)N1CC(N)C1. The topological polar surface area (TPSA) is 53.0 Å². The molecule has 1 aromatic rings. The Morgan fingerprint density at radius 1 is 1.69 bits per heavy atom. The van der Waals surface area contributed by atoms with E-state index in [-0.39, 0.29) is 12.1 Å². The maximum absolute atomic E-state index is 8.99. The number of rotatable bonds is 2. The van der Waals surface area contributed by atoms with Crippen molar-refractivity contribution >= 4 is 11.3 Å². The van der Waals surface area contributed by atoms with Gasteiger partial charge in [-0.15, -0.1) is 11.3 Å². The van der Waals surface area contributed by atoms with Crippen LogP contribution in [0.5, 0.6) is 0 Å². The summed E-state index contributed by atoms with van der Waals surface area (Å²) in [6.07, 6.45) is 0. The minimum absolute atomic E-state index is 0.0835. The van der Waals surface area contributed by atoms with Gasteiger partial charge in [-0.2, -0.15) is 5.26 Å². The first kappa shape index (κ1) is 8.70. The third kappa shape index (κ3) is 1.59. The molecule has 0 radical (unpaired) electrons. The second-order valence-corrected chi connectivity index (χ2v) is 4.24. The minimum atomic E-state index is -0.0835. The van der Waals surface area contributed by atoms with Crippen molar-refractivity contribution in [2.45, 2.75) is 12.1 Å². The predicted molar refractivity (Wildman–Crippen MR) is 52.2 cm³/mol. The van der Waals surface area contributed by atoms with Crippen molar-refractivity contribution in [3.63, 3.8) is 0 Å². The highest BCUT2D eigenvalue weighted by molar-refractivity contribution is 7.10. The van der Waals surface area contributed by atoms with E-state index in [1.807, 2.05) is 17.5 Å². The van der Waals surface area contributed by atoms with Gasteiger partial charge < -0.3 is 5.73 Å². The van der Waals surface area contributed by atoms with Crippen molar-refractivity contribution in [1.82, 2.24) is 4.90 Å². The van der Waals surface area contributed by atoms with Gasteiger partial charge >= 0.3 is 0 Å². The lowest BCUT2D eigenvalue weighted by molar-refractivity contribution is 0.123. The van der Waals surface area contributed by atoms with Gasteiger partial charge in [0.15, 0.2) is 0 Å². The summed E-state index contributed by atoms with van der Waals surface area (Å²) in [5, 5.41) is 11.0. The van der Waals surface area contributed by atoms with Crippen LogP contribution >= 0.6 is 11.3 Å². The molecule has 1 aromatic heterocycles. The molecule has 1 aliphatic heterocycles. The number of likely N-dealkylation sites (tertiary alicyclic amines) is 1. The molecular weight excluding hydrogens is 182 g/mol. The molecule has 0 saturated carbocycles. The lowest BCUT2D eigenvalue weighted by Crippen LogP contribution is -2.56. The molecule has 0 spiro atoms. The van der Waals surface area contributed by atoms with Crippen molar-refractivity contribution < 1.29 is 0 Å². The first-order valence-electron chi connectivity index (χ1n) is 4.24. The Hall–Kier alpha value is -0.890. The normalized spacial score (nSPS) is 20.6. The smallest absolute Gasteiger partial charge is 0.133 e. The van der Waals surface area contributed by atoms with Gasteiger partial charge in [-0.05, 0) is 11.4 Å². The van der Waals surface area contributed by atoms with E-state index in [9.17, 15) is 0 Å². The number of nitrogens with two attached hydrogens (primary N) is 1. The molecule has 0 bridgehead atoms. The van der Waals surface area contributed by atoms with Crippen LogP contribution in [-0.4, -0.2) is 24.0 Å². The highest BCUT2D eigenvalue weighted by atomic mass is 32.1. The van der Waals surface area contributed by atoms with Crippen LogP contribution in [0, 0.1) is 11.3 Å². The standard InChI is InChI=1S/C9H11N3S/c10-4-8(9-2-1-3-13-9)12-5-7(11)6-12/h1-3,7-8H,5-6,11H2. The fraction of sp³-hybridized carbons (Fsp3) is 0.444. The molecular formula is C9H11N3S. The molecule has 2 N–H and O–H groups in total. The van der Waals surface area contributed by atoms with E-state index in [1.54, 1.807) is 11.3 Å². The zero-order valence-electron chi connectivity index (χ0n) is 7.18. The van der Waals surface area contributed by atoms with E-state index in [1.165, 1.54) is 0 Å². The number of thiophene rings is 1. The van der Waals surface area contributed by atoms with E-state index < -0.39 is 0 Å². The number of hydrogen-bond donors (Lipinski definition) is 1. The monoisotopic (exact) mass is 193 g/mol. The Morgan fingerprint density at radius 2 is 2.46 bits per heavy atom. The molecule has 1 fully saturated rings. The van der Waals surface area contributed by atoms with E-state index in [0.717, 1.165) is 18.0 Å². The molecule has 0 aliphatic carbocycles. The van der Waals surface area contributed by atoms with Crippen LogP contribution in [-0.2, 0) is 0 Å². The molecule has 1 atom stereocenters. The van der Waals surface area contributed by atoms with E-state index in [4.69, 9.17) is 11.0 Å². The fourth-order valence-electron chi connectivity index (χ4n) is 1.53. The van der Waals surface area contributed by atoms with Crippen LogP contribution in [0.15, 0.2) is 17.5 Å². The third-order valence-electron chi connectivity index (χ3n) is 2.24. The molecule has 3 nitrogen and oxygen atoms in total. The third-order valence-corrected chi connectivity index (χ3v) is 3.16. The van der Waals surface area contributed by atoms with Crippen molar-refractivity contribution in [1.29, 1.82) is 5.26 Å². The number of nitrogens with zero attached hydrogens (tertiary/aromatic N) is 2. The average Bonchev–Trinajstić information content (AvgIpc) is 2.55. The Bertz CT molecular complexity index is 308. The molecule has 4 heteroatoms. The van der Waals surface area contributed by atoms with Crippen LogP contribution in [0.4, 0.5) is 0 Å². The van der Waals surface area contributed by atoms with Gasteiger partial charge in [0.1, 0.15) is 6.04 Å². The lowest BCUT2D eigenvalue weighted by atomic mass is 10.1. The quantitative estimate of drug-likeness (QED) is 0.761. The lowest BCUT2D eigenvalue weighted by Gasteiger charge is -2.39. The summed E-state index contributed by atoms with van der Waals surface area (Å²) in [5.74, 6) is 0. The van der Waals surface area contributed by atoms with E-state index >= 15 is 0 Å². The first-order chi connectivity index (χ1) is 6.31. The highest BCUT2D eigenvalue weighted by Gasteiger charge is 2.31. The Morgan fingerprint density at radius 3 is 2.92 bits per heavy atom. The second kappa shape index (κ2) is 3.46. The van der Waals surface area contributed by atoms with Gasteiger partial charge in [0, 0.05) is 24.0 Å². The van der Waals surface area contributed by atoms with Gasteiger partial charge in [-0.1, -0.05) is 6.07 Å². The van der Waals surface area contributed by atoms with E-state index in [0.29, 0.717) is 0 Å². The molecule has 68 valence electrons. The van der Waals surface area contributed by atoms with Crippen LogP contribution < -0.4 is 5.73 Å². The molecule has 1 unspecified atom stereocenters. The predicted octanol–water partition coefficient (Wildman–Crippen LogP) is 0.956. The van der Waals surface area contributed by atoms with Crippen molar-refractivity contribution in [3.05, 3.63) is 22.4 Å². The van der Waals surface area contributed by atoms with Crippen LogP contribution in [0.1, 0.15) is 10.9 Å². The maximum Gasteiger partial charge on any atom is 0.133 e. The Labute approximate surface area is 81.4 Å².